The van der Waals surface area contributed by atoms with E-state index in [2.05, 4.69) is 30.4 Å². The highest BCUT2D eigenvalue weighted by atomic mass is 19.1. The Morgan fingerprint density at radius 1 is 1.17 bits per heavy atom. The Morgan fingerprint density at radius 3 is 2.93 bits per heavy atom. The first kappa shape index (κ1) is 18.0. The summed E-state index contributed by atoms with van der Waals surface area (Å²) in [4.78, 5) is 16.2. The molecule has 30 heavy (non-hydrogen) atoms. The number of anilines is 1. The van der Waals surface area contributed by atoms with Gasteiger partial charge in [-0.2, -0.15) is 14.6 Å². The van der Waals surface area contributed by atoms with Gasteiger partial charge in [-0.1, -0.05) is 0 Å². The fourth-order valence-corrected chi connectivity index (χ4v) is 3.45. The van der Waals surface area contributed by atoms with E-state index >= 15 is 0 Å². The lowest BCUT2D eigenvalue weighted by atomic mass is 10.1. The fourth-order valence-electron chi connectivity index (χ4n) is 3.45. The van der Waals surface area contributed by atoms with Crippen LogP contribution < -0.4 is 5.32 Å². The van der Waals surface area contributed by atoms with E-state index in [1.165, 1.54) is 12.3 Å². The molecular weight excluding hydrogens is 385 g/mol. The summed E-state index contributed by atoms with van der Waals surface area (Å²) in [6.45, 7) is 2.49. The van der Waals surface area contributed by atoms with Crippen molar-refractivity contribution in [1.82, 2.24) is 29.5 Å². The van der Waals surface area contributed by atoms with Crippen molar-refractivity contribution in [3.05, 3.63) is 66.0 Å². The maximum absolute atomic E-state index is 13.6. The summed E-state index contributed by atoms with van der Waals surface area (Å²) in [6, 6.07) is 6.60. The summed E-state index contributed by atoms with van der Waals surface area (Å²) in [7, 11) is 0. The van der Waals surface area contributed by atoms with Gasteiger partial charge in [-0.3, -0.25) is 4.98 Å². The van der Waals surface area contributed by atoms with Gasteiger partial charge in [0.2, 0.25) is 5.95 Å². The molecule has 0 radical (unpaired) electrons. The minimum Gasteiger partial charge on any atom is -0.508 e. The standard InChI is InChI=1S/C21H18FN7O/c1-12-8-26-29-20(12)27-19(14-6-15(22)11-23-9-14)28-21(29)24-5-4-13-10-25-18-3-2-16(30)7-17(13)18/h2-3,6-11,25,30H,4-5H2,1H3,(H,24,27,28). The molecule has 4 heterocycles. The van der Waals surface area contributed by atoms with E-state index in [1.54, 1.807) is 22.8 Å². The molecule has 9 heteroatoms. The molecule has 4 aromatic heterocycles. The fraction of sp³-hybridized carbons (Fsp3) is 0.143. The Hall–Kier alpha value is -4.01. The highest BCUT2D eigenvalue weighted by Crippen LogP contribution is 2.24. The molecule has 0 bridgehead atoms. The van der Waals surface area contributed by atoms with Crippen LogP contribution in [0.1, 0.15) is 11.1 Å². The van der Waals surface area contributed by atoms with Gasteiger partial charge in [0.05, 0.1) is 12.4 Å². The smallest absolute Gasteiger partial charge is 0.227 e. The predicted octanol–water partition coefficient (Wildman–Crippen LogP) is 3.48. The Balaban J connectivity index is 1.45. The van der Waals surface area contributed by atoms with Crippen molar-refractivity contribution in [3.63, 3.8) is 0 Å². The summed E-state index contributed by atoms with van der Waals surface area (Å²) in [5.41, 5.74) is 4.07. The zero-order valence-corrected chi connectivity index (χ0v) is 16.1. The molecule has 0 unspecified atom stereocenters. The van der Waals surface area contributed by atoms with Crippen molar-refractivity contribution >= 4 is 22.5 Å². The van der Waals surface area contributed by atoms with Gasteiger partial charge in [0.15, 0.2) is 11.5 Å². The zero-order valence-electron chi connectivity index (χ0n) is 16.1. The van der Waals surface area contributed by atoms with Gasteiger partial charge in [0.25, 0.3) is 0 Å². The summed E-state index contributed by atoms with van der Waals surface area (Å²) in [5.74, 6) is 0.667. The third-order valence-corrected chi connectivity index (χ3v) is 4.94. The molecule has 0 aliphatic heterocycles. The minimum absolute atomic E-state index is 0.231. The number of benzene rings is 1. The predicted molar refractivity (Wildman–Crippen MR) is 111 cm³/mol. The van der Waals surface area contributed by atoms with Crippen LogP contribution >= 0.6 is 0 Å². The van der Waals surface area contributed by atoms with Crippen molar-refractivity contribution in [3.8, 4) is 17.1 Å². The summed E-state index contributed by atoms with van der Waals surface area (Å²) in [6.07, 6.45) is 7.02. The summed E-state index contributed by atoms with van der Waals surface area (Å²) >= 11 is 0. The molecule has 3 N–H and O–H groups in total. The van der Waals surface area contributed by atoms with Crippen LogP contribution in [0.3, 0.4) is 0 Å². The van der Waals surface area contributed by atoms with Crippen molar-refractivity contribution in [1.29, 1.82) is 0 Å². The largest absolute Gasteiger partial charge is 0.508 e. The van der Waals surface area contributed by atoms with E-state index in [1.807, 2.05) is 19.2 Å². The molecule has 0 aliphatic rings. The molecule has 0 atom stereocenters. The lowest BCUT2D eigenvalue weighted by Crippen LogP contribution is -2.12. The van der Waals surface area contributed by atoms with E-state index < -0.39 is 5.82 Å². The SMILES string of the molecule is Cc1cnn2c(NCCc3c[nH]c4ccc(O)cc34)nc(-c3cncc(F)c3)nc12. The van der Waals surface area contributed by atoms with Crippen molar-refractivity contribution in [2.75, 3.05) is 11.9 Å². The molecule has 0 saturated heterocycles. The number of pyridine rings is 1. The molecule has 1 aromatic carbocycles. The van der Waals surface area contributed by atoms with Crippen LogP contribution in [-0.2, 0) is 6.42 Å². The Kier molecular flexibility index (Phi) is 4.27. The number of hydrogen-bond acceptors (Lipinski definition) is 6. The molecule has 0 aliphatic carbocycles. The molecule has 0 saturated carbocycles. The highest BCUT2D eigenvalue weighted by molar-refractivity contribution is 5.84. The highest BCUT2D eigenvalue weighted by Gasteiger charge is 2.13. The van der Waals surface area contributed by atoms with Crippen molar-refractivity contribution < 1.29 is 9.50 Å². The topological polar surface area (TPSA) is 104 Å². The molecule has 0 amide bonds. The monoisotopic (exact) mass is 403 g/mol. The van der Waals surface area contributed by atoms with Gasteiger partial charge < -0.3 is 15.4 Å². The van der Waals surface area contributed by atoms with Crippen molar-refractivity contribution in [2.24, 2.45) is 0 Å². The van der Waals surface area contributed by atoms with Gasteiger partial charge in [0, 0.05) is 41.0 Å². The lowest BCUT2D eigenvalue weighted by molar-refractivity contribution is 0.476. The molecule has 0 fully saturated rings. The van der Waals surface area contributed by atoms with Gasteiger partial charge in [-0.15, -0.1) is 0 Å². The molecule has 0 spiro atoms. The second kappa shape index (κ2) is 7.11. The van der Waals surface area contributed by atoms with Crippen LogP contribution in [0.2, 0.25) is 0 Å². The van der Waals surface area contributed by atoms with Crippen LogP contribution in [0.15, 0.2) is 49.1 Å². The Labute approximate surface area is 170 Å². The number of aromatic amines is 1. The average molecular weight is 403 g/mol. The van der Waals surface area contributed by atoms with Gasteiger partial charge in [-0.05, 0) is 43.2 Å². The number of phenols is 1. The Morgan fingerprint density at radius 2 is 2.07 bits per heavy atom. The van der Waals surface area contributed by atoms with E-state index in [0.717, 1.165) is 28.2 Å². The maximum Gasteiger partial charge on any atom is 0.227 e. The number of halogens is 1. The van der Waals surface area contributed by atoms with E-state index in [4.69, 9.17) is 0 Å². The number of aromatic nitrogens is 6. The van der Waals surface area contributed by atoms with Gasteiger partial charge >= 0.3 is 0 Å². The molecule has 5 rings (SSSR count). The van der Waals surface area contributed by atoms with Gasteiger partial charge in [-0.25, -0.2) is 9.37 Å². The summed E-state index contributed by atoms with van der Waals surface area (Å²) in [5, 5.41) is 18.4. The number of aryl methyl sites for hydroxylation is 1. The quantitative estimate of drug-likeness (QED) is 0.415. The lowest BCUT2D eigenvalue weighted by Gasteiger charge is -2.09. The van der Waals surface area contributed by atoms with Crippen molar-refractivity contribution in [2.45, 2.75) is 13.3 Å². The van der Waals surface area contributed by atoms with Crippen LogP contribution in [0.25, 0.3) is 27.9 Å². The number of nitrogens with one attached hydrogen (secondary N) is 2. The second-order valence-electron chi connectivity index (χ2n) is 7.05. The number of hydrogen-bond donors (Lipinski definition) is 3. The minimum atomic E-state index is -0.446. The number of rotatable bonds is 5. The van der Waals surface area contributed by atoms with Crippen LogP contribution in [0.4, 0.5) is 10.3 Å². The number of aromatic hydroxyl groups is 1. The average Bonchev–Trinajstić information content (AvgIpc) is 3.31. The van der Waals surface area contributed by atoms with E-state index in [9.17, 15) is 9.50 Å². The zero-order chi connectivity index (χ0) is 20.7. The Bertz CT molecular complexity index is 1370. The summed E-state index contributed by atoms with van der Waals surface area (Å²) < 4.78 is 15.3. The molecule has 8 nitrogen and oxygen atoms in total. The third-order valence-electron chi connectivity index (χ3n) is 4.94. The first-order valence-corrected chi connectivity index (χ1v) is 9.44. The maximum atomic E-state index is 13.6. The van der Waals surface area contributed by atoms with E-state index in [-0.39, 0.29) is 5.75 Å². The number of nitrogens with zero attached hydrogens (tertiary/aromatic N) is 5. The normalized spacial score (nSPS) is 11.4. The van der Waals surface area contributed by atoms with Crippen LogP contribution in [0, 0.1) is 12.7 Å². The third kappa shape index (κ3) is 3.20. The van der Waals surface area contributed by atoms with Gasteiger partial charge in [0.1, 0.15) is 11.6 Å². The first-order valence-electron chi connectivity index (χ1n) is 9.44. The van der Waals surface area contributed by atoms with Crippen LogP contribution in [-0.4, -0.2) is 41.2 Å². The second-order valence-corrected chi connectivity index (χ2v) is 7.05. The molecule has 150 valence electrons. The van der Waals surface area contributed by atoms with E-state index in [0.29, 0.717) is 35.9 Å². The van der Waals surface area contributed by atoms with Crippen LogP contribution in [0.5, 0.6) is 5.75 Å². The first-order chi connectivity index (χ1) is 14.6. The number of fused-ring (bicyclic) bond motifs is 2. The number of phenolic OH excluding ortho intramolecular Hbond substituents is 1. The molecule has 5 aromatic rings. The number of H-pyrrole nitrogens is 1. The molecular formula is C21H18FN7O.